The second-order valence-electron chi connectivity index (χ2n) is 9.31. The van der Waals surface area contributed by atoms with Crippen LogP contribution in [0.1, 0.15) is 48.0 Å². The van der Waals surface area contributed by atoms with Gasteiger partial charge in [0.25, 0.3) is 0 Å². The van der Waals surface area contributed by atoms with E-state index in [1.165, 1.54) is 12.1 Å². The lowest BCUT2D eigenvalue weighted by atomic mass is 9.80. The molecule has 0 aliphatic carbocycles. The van der Waals surface area contributed by atoms with Gasteiger partial charge < -0.3 is 10.2 Å². The van der Waals surface area contributed by atoms with Gasteiger partial charge in [-0.25, -0.2) is 4.39 Å². The van der Waals surface area contributed by atoms with Crippen LogP contribution in [0.15, 0.2) is 84.9 Å². The molecule has 2 fully saturated rings. The molecule has 6 heteroatoms. The minimum atomic E-state index is -0.899. The summed E-state index contributed by atoms with van der Waals surface area (Å²) in [4.78, 5) is 28.9. The van der Waals surface area contributed by atoms with Crippen molar-refractivity contribution in [2.24, 2.45) is 0 Å². The zero-order valence-electron chi connectivity index (χ0n) is 19.5. The first kappa shape index (κ1) is 23.6. The fourth-order valence-corrected chi connectivity index (χ4v) is 6.44. The van der Waals surface area contributed by atoms with Crippen LogP contribution in [0.5, 0.6) is 0 Å². The summed E-state index contributed by atoms with van der Waals surface area (Å²) in [6, 6.07) is 26.0. The zero-order chi connectivity index (χ0) is 24.3. The molecule has 2 aliphatic rings. The molecule has 0 saturated carbocycles. The van der Waals surface area contributed by atoms with Gasteiger partial charge in [-0.2, -0.15) is 11.8 Å². The van der Waals surface area contributed by atoms with Gasteiger partial charge in [-0.1, -0.05) is 72.8 Å². The van der Waals surface area contributed by atoms with E-state index in [0.717, 1.165) is 28.2 Å². The first-order valence-electron chi connectivity index (χ1n) is 12.1. The number of nitrogens with one attached hydrogen (secondary N) is 1. The molecule has 2 aliphatic heterocycles. The Morgan fingerprint density at radius 1 is 0.971 bits per heavy atom. The summed E-state index contributed by atoms with van der Waals surface area (Å²) in [5.41, 5.74) is 2.15. The average molecular weight is 489 g/mol. The van der Waals surface area contributed by atoms with Gasteiger partial charge in [0.2, 0.25) is 11.8 Å². The Balaban J connectivity index is 1.45. The van der Waals surface area contributed by atoms with E-state index in [-0.39, 0.29) is 29.7 Å². The first-order chi connectivity index (χ1) is 17.1. The SMILES string of the molecule is O=C1CC(c2ccc(F)cc2)N1C1(C(=O)NC(Cc2ccccc2)c2ccccc2)CCSCC1. The summed E-state index contributed by atoms with van der Waals surface area (Å²) >= 11 is 1.82. The largest absolute Gasteiger partial charge is 0.347 e. The number of rotatable bonds is 7. The van der Waals surface area contributed by atoms with Gasteiger partial charge in [0.05, 0.1) is 18.5 Å². The van der Waals surface area contributed by atoms with E-state index in [4.69, 9.17) is 0 Å². The number of thioether (sulfide) groups is 1. The molecule has 2 unspecified atom stereocenters. The minimum Gasteiger partial charge on any atom is -0.347 e. The predicted octanol–water partition coefficient (Wildman–Crippen LogP) is 5.47. The van der Waals surface area contributed by atoms with Crippen LogP contribution in [0.2, 0.25) is 0 Å². The van der Waals surface area contributed by atoms with Gasteiger partial charge in [0, 0.05) is 0 Å². The van der Waals surface area contributed by atoms with E-state index in [1.54, 1.807) is 17.0 Å². The molecule has 4 nitrogen and oxygen atoms in total. The maximum Gasteiger partial charge on any atom is 0.246 e. The van der Waals surface area contributed by atoms with E-state index in [0.29, 0.717) is 25.7 Å². The number of likely N-dealkylation sites (tertiary alicyclic amines) is 1. The summed E-state index contributed by atoms with van der Waals surface area (Å²) in [5.74, 6) is 1.23. The number of hydrogen-bond donors (Lipinski definition) is 1. The minimum absolute atomic E-state index is 0.0132. The van der Waals surface area contributed by atoms with Crippen LogP contribution in [0, 0.1) is 5.82 Å². The maximum absolute atomic E-state index is 14.1. The number of amides is 2. The second kappa shape index (κ2) is 10.2. The second-order valence-corrected chi connectivity index (χ2v) is 10.5. The first-order valence-corrected chi connectivity index (χ1v) is 13.3. The van der Waals surface area contributed by atoms with E-state index in [1.807, 2.05) is 60.3 Å². The summed E-state index contributed by atoms with van der Waals surface area (Å²) in [5, 5.41) is 3.34. The molecule has 5 rings (SSSR count). The smallest absolute Gasteiger partial charge is 0.246 e. The van der Waals surface area contributed by atoms with Crippen LogP contribution >= 0.6 is 11.8 Å². The molecule has 35 heavy (non-hydrogen) atoms. The molecule has 3 aromatic carbocycles. The Morgan fingerprint density at radius 3 is 2.23 bits per heavy atom. The Labute approximate surface area is 209 Å². The van der Waals surface area contributed by atoms with Crippen LogP contribution in [0.3, 0.4) is 0 Å². The predicted molar refractivity (Wildman–Crippen MR) is 137 cm³/mol. The molecular formula is C29H29FN2O2S. The summed E-state index contributed by atoms with van der Waals surface area (Å²) < 4.78 is 13.5. The van der Waals surface area contributed by atoms with Crippen molar-refractivity contribution in [3.8, 4) is 0 Å². The lowest BCUT2D eigenvalue weighted by molar-refractivity contribution is -0.166. The lowest BCUT2D eigenvalue weighted by Crippen LogP contribution is -2.67. The topological polar surface area (TPSA) is 49.4 Å². The van der Waals surface area contributed by atoms with Gasteiger partial charge in [0.1, 0.15) is 11.4 Å². The molecule has 3 aromatic rings. The highest BCUT2D eigenvalue weighted by Gasteiger charge is 2.55. The number of hydrogen-bond acceptors (Lipinski definition) is 3. The molecular weight excluding hydrogens is 459 g/mol. The Kier molecular flexibility index (Phi) is 6.91. The van der Waals surface area contributed by atoms with Crippen molar-refractivity contribution >= 4 is 23.6 Å². The zero-order valence-corrected chi connectivity index (χ0v) is 20.3. The Bertz CT molecular complexity index is 1160. The standard InChI is InChI=1S/C29H29FN2O2S/c30-24-13-11-23(12-14-24)26-20-27(33)32(26)29(15-17-35-18-16-29)28(34)31-25(22-9-5-2-6-10-22)19-21-7-3-1-4-8-21/h1-14,25-26H,15-20H2,(H,31,34). The van der Waals surface area contributed by atoms with Crippen molar-refractivity contribution in [1.82, 2.24) is 10.2 Å². The van der Waals surface area contributed by atoms with E-state index < -0.39 is 5.54 Å². The van der Waals surface area contributed by atoms with Crippen LogP contribution in [0.4, 0.5) is 4.39 Å². The van der Waals surface area contributed by atoms with Crippen LogP contribution in [0.25, 0.3) is 0 Å². The maximum atomic E-state index is 14.1. The van der Waals surface area contributed by atoms with Crippen molar-refractivity contribution in [3.63, 3.8) is 0 Å². The number of nitrogens with zero attached hydrogens (tertiary/aromatic N) is 1. The molecule has 2 heterocycles. The number of carbonyl (C=O) groups is 2. The van der Waals surface area contributed by atoms with Crippen LogP contribution < -0.4 is 5.32 Å². The van der Waals surface area contributed by atoms with Gasteiger partial charge >= 0.3 is 0 Å². The molecule has 2 amide bonds. The molecule has 2 saturated heterocycles. The van der Waals surface area contributed by atoms with E-state index in [2.05, 4.69) is 17.4 Å². The Morgan fingerprint density at radius 2 is 1.60 bits per heavy atom. The van der Waals surface area contributed by atoms with Gasteiger partial charge in [-0.15, -0.1) is 0 Å². The molecule has 0 bridgehead atoms. The van der Waals surface area contributed by atoms with Crippen LogP contribution in [-0.2, 0) is 16.0 Å². The van der Waals surface area contributed by atoms with Gasteiger partial charge in [-0.3, -0.25) is 9.59 Å². The highest BCUT2D eigenvalue weighted by atomic mass is 32.2. The average Bonchev–Trinajstić information content (AvgIpc) is 2.89. The van der Waals surface area contributed by atoms with E-state index >= 15 is 0 Å². The molecule has 1 N–H and O–H groups in total. The van der Waals surface area contributed by atoms with Crippen molar-refractivity contribution in [1.29, 1.82) is 0 Å². The highest BCUT2D eigenvalue weighted by molar-refractivity contribution is 7.99. The van der Waals surface area contributed by atoms with Crippen molar-refractivity contribution < 1.29 is 14.0 Å². The fraction of sp³-hybridized carbons (Fsp3) is 0.310. The number of β-lactam (4-membered cyclic amide) rings is 1. The third-order valence-corrected chi connectivity index (χ3v) is 8.18. The van der Waals surface area contributed by atoms with Crippen molar-refractivity contribution in [3.05, 3.63) is 107 Å². The lowest BCUT2D eigenvalue weighted by Gasteiger charge is -2.54. The summed E-state index contributed by atoms with van der Waals surface area (Å²) in [7, 11) is 0. The molecule has 0 aromatic heterocycles. The molecule has 0 radical (unpaired) electrons. The number of halogens is 1. The quantitative estimate of drug-likeness (QED) is 0.449. The third-order valence-electron chi connectivity index (χ3n) is 7.20. The van der Waals surface area contributed by atoms with Gasteiger partial charge in [0.15, 0.2) is 0 Å². The van der Waals surface area contributed by atoms with Crippen LogP contribution in [-0.4, -0.2) is 33.8 Å². The number of benzene rings is 3. The van der Waals surface area contributed by atoms with Crippen molar-refractivity contribution in [2.45, 2.75) is 43.3 Å². The fourth-order valence-electron chi connectivity index (χ4n) is 5.27. The monoisotopic (exact) mass is 488 g/mol. The molecule has 0 spiro atoms. The Hall–Kier alpha value is -3.12. The number of carbonyl (C=O) groups excluding carboxylic acids is 2. The molecule has 180 valence electrons. The normalized spacial score (nSPS) is 20.1. The third kappa shape index (κ3) is 4.85. The summed E-state index contributed by atoms with van der Waals surface area (Å²) in [6.07, 6.45) is 2.23. The van der Waals surface area contributed by atoms with Gasteiger partial charge in [-0.05, 0) is 59.6 Å². The van der Waals surface area contributed by atoms with E-state index in [9.17, 15) is 14.0 Å². The summed E-state index contributed by atoms with van der Waals surface area (Å²) in [6.45, 7) is 0. The van der Waals surface area contributed by atoms with Crippen molar-refractivity contribution in [2.75, 3.05) is 11.5 Å². The highest BCUT2D eigenvalue weighted by Crippen LogP contribution is 2.46. The molecule has 2 atom stereocenters.